The second-order valence-electron chi connectivity index (χ2n) is 8.77. The summed E-state index contributed by atoms with van der Waals surface area (Å²) in [5.74, 6) is 0. The van der Waals surface area contributed by atoms with Gasteiger partial charge in [0.1, 0.15) is 5.60 Å². The first-order valence-corrected chi connectivity index (χ1v) is 12.0. The van der Waals surface area contributed by atoms with E-state index in [1.54, 1.807) is 0 Å². The lowest BCUT2D eigenvalue weighted by Crippen LogP contribution is -2.34. The van der Waals surface area contributed by atoms with E-state index in [0.29, 0.717) is 33.0 Å². The summed E-state index contributed by atoms with van der Waals surface area (Å²) in [6.45, 7) is 11.6. The van der Waals surface area contributed by atoms with Gasteiger partial charge in [0.05, 0.1) is 26.4 Å². The van der Waals surface area contributed by atoms with Gasteiger partial charge in [0.2, 0.25) is 0 Å². The van der Waals surface area contributed by atoms with Gasteiger partial charge in [0, 0.05) is 26.3 Å². The quantitative estimate of drug-likeness (QED) is 0.232. The number of hydrogen-bond donors (Lipinski definition) is 3. The lowest BCUT2D eigenvalue weighted by molar-refractivity contribution is 0.0342. The van der Waals surface area contributed by atoms with Gasteiger partial charge in [-0.15, -0.1) is 0 Å². The van der Waals surface area contributed by atoms with Gasteiger partial charge in [-0.25, -0.2) is 4.79 Å². The third-order valence-electron chi connectivity index (χ3n) is 4.60. The molecule has 0 spiro atoms. The van der Waals surface area contributed by atoms with Crippen LogP contribution in [0.5, 0.6) is 0 Å². The van der Waals surface area contributed by atoms with Gasteiger partial charge in [-0.1, -0.05) is 25.7 Å². The van der Waals surface area contributed by atoms with Gasteiger partial charge in [-0.05, 0) is 59.5 Å². The molecule has 0 fully saturated rings. The third-order valence-corrected chi connectivity index (χ3v) is 4.60. The zero-order valence-corrected chi connectivity index (χ0v) is 20.2. The Bertz CT molecular complexity index is 390. The SMILES string of the molecule is CC(C)(C)OC(=O)NCCOCCOCCN(CCCCCCO)CCCCCCO. The van der Waals surface area contributed by atoms with E-state index in [0.717, 1.165) is 71.0 Å². The Morgan fingerprint density at radius 1 is 0.742 bits per heavy atom. The van der Waals surface area contributed by atoms with Crippen LogP contribution in [0, 0.1) is 0 Å². The van der Waals surface area contributed by atoms with E-state index in [-0.39, 0.29) is 13.2 Å². The minimum absolute atomic E-state index is 0.279. The number of nitrogens with one attached hydrogen (secondary N) is 1. The molecule has 0 radical (unpaired) electrons. The summed E-state index contributed by atoms with van der Waals surface area (Å²) in [6.07, 6.45) is 8.08. The summed E-state index contributed by atoms with van der Waals surface area (Å²) < 4.78 is 16.3. The van der Waals surface area contributed by atoms with E-state index in [1.807, 2.05) is 20.8 Å². The Balaban J connectivity index is 3.77. The second kappa shape index (κ2) is 20.9. The smallest absolute Gasteiger partial charge is 0.407 e. The third kappa shape index (κ3) is 23.6. The Kier molecular flexibility index (Phi) is 20.3. The van der Waals surface area contributed by atoms with Gasteiger partial charge in [0.15, 0.2) is 0 Å². The van der Waals surface area contributed by atoms with E-state index < -0.39 is 11.7 Å². The highest BCUT2D eigenvalue weighted by Crippen LogP contribution is 2.06. The molecule has 0 aliphatic heterocycles. The standard InChI is InChI=1S/C23H48N2O6/c1-23(2,3)31-22(28)24-12-18-29-20-21-30-19-15-25(13-8-4-6-10-16-26)14-9-5-7-11-17-27/h26-27H,4-21H2,1-3H3,(H,24,28). The van der Waals surface area contributed by atoms with Crippen LogP contribution in [-0.2, 0) is 14.2 Å². The van der Waals surface area contributed by atoms with E-state index in [2.05, 4.69) is 10.2 Å². The maximum absolute atomic E-state index is 11.5. The molecular formula is C23H48N2O6. The number of carbonyl (C=O) groups is 1. The first-order valence-electron chi connectivity index (χ1n) is 12.0. The molecule has 0 aliphatic carbocycles. The number of ether oxygens (including phenoxy) is 3. The Morgan fingerprint density at radius 2 is 1.26 bits per heavy atom. The average Bonchev–Trinajstić information content (AvgIpc) is 2.70. The van der Waals surface area contributed by atoms with E-state index >= 15 is 0 Å². The number of unbranched alkanes of at least 4 members (excludes halogenated alkanes) is 6. The molecule has 8 nitrogen and oxygen atoms in total. The minimum atomic E-state index is -0.495. The highest BCUT2D eigenvalue weighted by Gasteiger charge is 2.15. The fourth-order valence-electron chi connectivity index (χ4n) is 2.99. The van der Waals surface area contributed by atoms with Gasteiger partial charge < -0.3 is 34.6 Å². The predicted octanol–water partition coefficient (Wildman–Crippen LogP) is 2.95. The van der Waals surface area contributed by atoms with Crippen LogP contribution < -0.4 is 5.32 Å². The van der Waals surface area contributed by atoms with Crippen molar-refractivity contribution < 1.29 is 29.2 Å². The van der Waals surface area contributed by atoms with Gasteiger partial charge in [-0.3, -0.25) is 0 Å². The minimum Gasteiger partial charge on any atom is -0.444 e. The molecule has 0 aromatic rings. The fraction of sp³-hybridized carbons (Fsp3) is 0.957. The number of alkyl carbamates (subject to hydrolysis) is 1. The summed E-state index contributed by atoms with van der Waals surface area (Å²) in [5.41, 5.74) is -0.495. The van der Waals surface area contributed by atoms with Crippen LogP contribution >= 0.6 is 0 Å². The second-order valence-corrected chi connectivity index (χ2v) is 8.77. The Labute approximate surface area is 189 Å². The molecule has 0 aromatic heterocycles. The van der Waals surface area contributed by atoms with Gasteiger partial charge >= 0.3 is 6.09 Å². The highest BCUT2D eigenvalue weighted by atomic mass is 16.6. The number of rotatable bonds is 21. The van der Waals surface area contributed by atoms with Crippen molar-refractivity contribution in [3.05, 3.63) is 0 Å². The van der Waals surface area contributed by atoms with Gasteiger partial charge in [-0.2, -0.15) is 0 Å². The van der Waals surface area contributed by atoms with Crippen LogP contribution in [0.3, 0.4) is 0 Å². The number of aliphatic hydroxyl groups excluding tert-OH is 2. The number of nitrogens with zero attached hydrogens (tertiary/aromatic N) is 1. The Hall–Kier alpha value is -0.930. The van der Waals surface area contributed by atoms with E-state index in [4.69, 9.17) is 24.4 Å². The van der Waals surface area contributed by atoms with Crippen molar-refractivity contribution in [1.29, 1.82) is 0 Å². The van der Waals surface area contributed by atoms with Crippen LogP contribution in [-0.4, -0.2) is 92.6 Å². The number of amides is 1. The van der Waals surface area contributed by atoms with Crippen molar-refractivity contribution in [2.24, 2.45) is 0 Å². The molecule has 186 valence electrons. The first kappa shape index (κ1) is 30.1. The molecule has 0 saturated heterocycles. The molecule has 0 atom stereocenters. The lowest BCUT2D eigenvalue weighted by atomic mass is 10.1. The van der Waals surface area contributed by atoms with Crippen molar-refractivity contribution in [3.63, 3.8) is 0 Å². The normalized spacial score (nSPS) is 11.8. The van der Waals surface area contributed by atoms with Crippen molar-refractivity contribution in [3.8, 4) is 0 Å². The molecule has 0 unspecified atom stereocenters. The zero-order chi connectivity index (χ0) is 23.2. The maximum Gasteiger partial charge on any atom is 0.407 e. The van der Waals surface area contributed by atoms with Crippen LogP contribution in [0.1, 0.15) is 72.1 Å². The molecule has 0 rings (SSSR count). The fourth-order valence-corrected chi connectivity index (χ4v) is 2.99. The highest BCUT2D eigenvalue weighted by molar-refractivity contribution is 5.67. The summed E-state index contributed by atoms with van der Waals surface area (Å²) in [4.78, 5) is 14.0. The van der Waals surface area contributed by atoms with Crippen LogP contribution in [0.4, 0.5) is 4.79 Å². The summed E-state index contributed by atoms with van der Waals surface area (Å²) in [6, 6.07) is 0. The monoisotopic (exact) mass is 448 g/mol. The summed E-state index contributed by atoms with van der Waals surface area (Å²) in [5, 5.41) is 20.4. The predicted molar refractivity (Wildman–Crippen MR) is 123 cm³/mol. The van der Waals surface area contributed by atoms with Crippen molar-refractivity contribution in [1.82, 2.24) is 10.2 Å². The maximum atomic E-state index is 11.5. The molecule has 0 aromatic carbocycles. The molecule has 0 aliphatic rings. The van der Waals surface area contributed by atoms with Crippen molar-refractivity contribution in [2.45, 2.75) is 77.7 Å². The van der Waals surface area contributed by atoms with Crippen molar-refractivity contribution >= 4 is 6.09 Å². The largest absolute Gasteiger partial charge is 0.444 e. The number of carbonyl (C=O) groups excluding carboxylic acids is 1. The molecule has 0 saturated carbocycles. The van der Waals surface area contributed by atoms with Gasteiger partial charge in [0.25, 0.3) is 0 Å². The van der Waals surface area contributed by atoms with E-state index in [9.17, 15) is 4.79 Å². The Morgan fingerprint density at radius 3 is 1.77 bits per heavy atom. The molecule has 8 heteroatoms. The molecule has 3 N–H and O–H groups in total. The van der Waals surface area contributed by atoms with Crippen molar-refractivity contribution in [2.75, 3.05) is 65.8 Å². The van der Waals surface area contributed by atoms with E-state index in [1.165, 1.54) is 0 Å². The topological polar surface area (TPSA) is 100 Å². The number of hydrogen-bond acceptors (Lipinski definition) is 7. The van der Waals surface area contributed by atoms with Crippen LogP contribution in [0.15, 0.2) is 0 Å². The molecule has 1 amide bonds. The van der Waals surface area contributed by atoms with Crippen LogP contribution in [0.2, 0.25) is 0 Å². The summed E-state index contributed by atoms with van der Waals surface area (Å²) >= 11 is 0. The number of aliphatic hydroxyl groups is 2. The summed E-state index contributed by atoms with van der Waals surface area (Å²) in [7, 11) is 0. The average molecular weight is 449 g/mol. The zero-order valence-electron chi connectivity index (χ0n) is 20.2. The molecule has 31 heavy (non-hydrogen) atoms. The lowest BCUT2D eigenvalue weighted by Gasteiger charge is -2.22. The molecular weight excluding hydrogens is 400 g/mol. The first-order chi connectivity index (χ1) is 14.9. The van der Waals surface area contributed by atoms with Crippen LogP contribution in [0.25, 0.3) is 0 Å². The molecule has 0 bridgehead atoms. The molecule has 0 heterocycles.